The quantitative estimate of drug-likeness (QED) is 0.814. The number of carbonyl (C=O) groups is 3. The van der Waals surface area contributed by atoms with Gasteiger partial charge in [0.05, 0.1) is 0 Å². The van der Waals surface area contributed by atoms with Crippen molar-refractivity contribution in [2.75, 3.05) is 13.1 Å². The number of likely N-dealkylation sites (tertiary alicyclic amines) is 1. The van der Waals surface area contributed by atoms with Crippen molar-refractivity contribution < 1.29 is 14.4 Å². The van der Waals surface area contributed by atoms with Crippen molar-refractivity contribution in [3.63, 3.8) is 0 Å². The zero-order chi connectivity index (χ0) is 16.1. The lowest BCUT2D eigenvalue weighted by molar-refractivity contribution is -0.139. The van der Waals surface area contributed by atoms with Crippen molar-refractivity contribution >= 4 is 17.7 Å². The second-order valence-corrected chi connectivity index (χ2v) is 5.50. The predicted octanol–water partition coefficient (Wildman–Crippen LogP) is 1.76. The molecule has 1 atom stereocenters. The first-order chi connectivity index (χ1) is 10.6. The molecular formula is C17H22N2O3. The van der Waals surface area contributed by atoms with Gasteiger partial charge >= 0.3 is 0 Å². The van der Waals surface area contributed by atoms with Gasteiger partial charge in [-0.2, -0.15) is 0 Å². The van der Waals surface area contributed by atoms with Crippen LogP contribution in [0.4, 0.5) is 0 Å². The van der Waals surface area contributed by atoms with Crippen molar-refractivity contribution in [3.8, 4) is 0 Å². The molecule has 1 aromatic carbocycles. The highest BCUT2D eigenvalue weighted by Gasteiger charge is 2.36. The van der Waals surface area contributed by atoms with Crippen LogP contribution in [-0.4, -0.2) is 35.7 Å². The topological polar surface area (TPSA) is 66.5 Å². The Balaban J connectivity index is 1.84. The van der Waals surface area contributed by atoms with Crippen molar-refractivity contribution in [1.82, 2.24) is 10.2 Å². The van der Waals surface area contributed by atoms with E-state index < -0.39 is 0 Å². The van der Waals surface area contributed by atoms with Gasteiger partial charge < -0.3 is 5.32 Å². The summed E-state index contributed by atoms with van der Waals surface area (Å²) in [5.74, 6) is -0.633. The van der Waals surface area contributed by atoms with Gasteiger partial charge in [0.2, 0.25) is 11.8 Å². The third kappa shape index (κ3) is 3.53. The molecule has 22 heavy (non-hydrogen) atoms. The summed E-state index contributed by atoms with van der Waals surface area (Å²) in [6.07, 6.45) is 1.90. The van der Waals surface area contributed by atoms with E-state index in [2.05, 4.69) is 12.2 Å². The number of amides is 3. The van der Waals surface area contributed by atoms with E-state index >= 15 is 0 Å². The van der Waals surface area contributed by atoms with Crippen LogP contribution in [0.2, 0.25) is 0 Å². The second-order valence-electron chi connectivity index (χ2n) is 5.50. The molecule has 1 aromatic rings. The molecule has 1 N–H and O–H groups in total. The first-order valence-corrected chi connectivity index (χ1v) is 7.78. The number of nitrogens with one attached hydrogen (secondary N) is 1. The third-order valence-electron chi connectivity index (χ3n) is 4.08. The average molecular weight is 302 g/mol. The fourth-order valence-electron chi connectivity index (χ4n) is 2.58. The molecule has 118 valence electrons. The molecule has 1 unspecified atom stereocenters. The highest BCUT2D eigenvalue weighted by Crippen LogP contribution is 2.21. The second kappa shape index (κ2) is 7.20. The molecule has 0 aliphatic carbocycles. The maximum absolute atomic E-state index is 12.0. The lowest BCUT2D eigenvalue weighted by Gasteiger charge is -2.15. The van der Waals surface area contributed by atoms with Crippen LogP contribution in [0, 0.1) is 5.92 Å². The molecule has 5 nitrogen and oxygen atoms in total. The minimum absolute atomic E-state index is 0.117. The summed E-state index contributed by atoms with van der Waals surface area (Å²) in [4.78, 5) is 37.0. The summed E-state index contributed by atoms with van der Waals surface area (Å²) in [6, 6.07) is 7.42. The molecule has 1 fully saturated rings. The van der Waals surface area contributed by atoms with Gasteiger partial charge in [-0.15, -0.1) is 0 Å². The van der Waals surface area contributed by atoms with E-state index in [0.29, 0.717) is 18.4 Å². The number of nitrogens with zero attached hydrogens (tertiary/aromatic N) is 1. The molecule has 0 bridgehead atoms. The van der Waals surface area contributed by atoms with Crippen LogP contribution in [0.15, 0.2) is 24.3 Å². The standard InChI is InChI=1S/C17H22N2O3/c1-3-12-5-7-14(8-6-12)16(21)18-9-10-19-15(20)11-13(4-2)17(19)22/h5-8,13H,3-4,9-11H2,1-2H3,(H,18,21). The zero-order valence-electron chi connectivity index (χ0n) is 13.1. The number of hydrogen-bond donors (Lipinski definition) is 1. The van der Waals surface area contributed by atoms with E-state index in [9.17, 15) is 14.4 Å². The number of carbonyl (C=O) groups excluding carboxylic acids is 3. The maximum atomic E-state index is 12.0. The van der Waals surface area contributed by atoms with E-state index in [1.165, 1.54) is 10.5 Å². The van der Waals surface area contributed by atoms with Crippen molar-refractivity contribution in [2.24, 2.45) is 5.92 Å². The Morgan fingerprint density at radius 1 is 1.23 bits per heavy atom. The Labute approximate surface area is 130 Å². The monoisotopic (exact) mass is 302 g/mol. The Morgan fingerprint density at radius 2 is 1.91 bits per heavy atom. The lowest BCUT2D eigenvalue weighted by Crippen LogP contribution is -2.38. The summed E-state index contributed by atoms with van der Waals surface area (Å²) in [7, 11) is 0. The highest BCUT2D eigenvalue weighted by molar-refractivity contribution is 6.03. The fourth-order valence-corrected chi connectivity index (χ4v) is 2.58. The van der Waals surface area contributed by atoms with Crippen molar-refractivity contribution in [1.29, 1.82) is 0 Å². The molecule has 1 aliphatic rings. The Kier molecular flexibility index (Phi) is 5.31. The van der Waals surface area contributed by atoms with E-state index in [4.69, 9.17) is 0 Å². The molecule has 0 spiro atoms. The van der Waals surface area contributed by atoms with Gasteiger partial charge in [0.15, 0.2) is 0 Å². The van der Waals surface area contributed by atoms with Crippen LogP contribution in [0.25, 0.3) is 0 Å². The highest BCUT2D eigenvalue weighted by atomic mass is 16.2. The Bertz CT molecular complexity index is 566. The summed E-state index contributed by atoms with van der Waals surface area (Å²) in [5.41, 5.74) is 1.76. The molecular weight excluding hydrogens is 280 g/mol. The molecule has 1 heterocycles. The number of imide groups is 1. The average Bonchev–Trinajstić information content (AvgIpc) is 2.82. The third-order valence-corrected chi connectivity index (χ3v) is 4.08. The Hall–Kier alpha value is -2.17. The van der Waals surface area contributed by atoms with E-state index in [0.717, 1.165) is 6.42 Å². The molecule has 1 aliphatic heterocycles. The molecule has 1 saturated heterocycles. The van der Waals surface area contributed by atoms with Gasteiger partial charge in [-0.05, 0) is 30.5 Å². The number of rotatable bonds is 6. The summed E-state index contributed by atoms with van der Waals surface area (Å²) >= 11 is 0. The van der Waals surface area contributed by atoms with Crippen LogP contribution in [0.3, 0.4) is 0 Å². The number of benzene rings is 1. The van der Waals surface area contributed by atoms with Gasteiger partial charge in [0, 0.05) is 31.0 Å². The van der Waals surface area contributed by atoms with Crippen LogP contribution < -0.4 is 5.32 Å². The van der Waals surface area contributed by atoms with E-state index in [1.54, 1.807) is 12.1 Å². The SMILES string of the molecule is CCc1ccc(C(=O)NCCN2C(=O)CC(CC)C2=O)cc1. The van der Waals surface area contributed by atoms with Gasteiger partial charge in [-0.25, -0.2) is 0 Å². The number of hydrogen-bond acceptors (Lipinski definition) is 3. The molecule has 3 amide bonds. The number of aryl methyl sites for hydroxylation is 1. The van der Waals surface area contributed by atoms with Gasteiger partial charge in [0.25, 0.3) is 5.91 Å². The first-order valence-electron chi connectivity index (χ1n) is 7.78. The van der Waals surface area contributed by atoms with Gasteiger partial charge in [-0.1, -0.05) is 26.0 Å². The molecule has 0 radical (unpaired) electrons. The zero-order valence-corrected chi connectivity index (χ0v) is 13.1. The normalized spacial score (nSPS) is 17.9. The van der Waals surface area contributed by atoms with Gasteiger partial charge in [0.1, 0.15) is 0 Å². The van der Waals surface area contributed by atoms with Gasteiger partial charge in [-0.3, -0.25) is 19.3 Å². The van der Waals surface area contributed by atoms with Crippen molar-refractivity contribution in [3.05, 3.63) is 35.4 Å². The summed E-state index contributed by atoms with van der Waals surface area (Å²) in [5, 5.41) is 2.75. The maximum Gasteiger partial charge on any atom is 0.251 e. The smallest absolute Gasteiger partial charge is 0.251 e. The molecule has 0 aromatic heterocycles. The van der Waals surface area contributed by atoms with E-state index in [-0.39, 0.29) is 36.7 Å². The first kappa shape index (κ1) is 16.2. The molecule has 5 heteroatoms. The van der Waals surface area contributed by atoms with Crippen molar-refractivity contribution in [2.45, 2.75) is 33.1 Å². The lowest BCUT2D eigenvalue weighted by atomic mass is 10.1. The Morgan fingerprint density at radius 3 is 2.45 bits per heavy atom. The minimum atomic E-state index is -0.190. The molecule has 0 saturated carbocycles. The fraction of sp³-hybridized carbons (Fsp3) is 0.471. The summed E-state index contributed by atoms with van der Waals surface area (Å²) in [6.45, 7) is 4.49. The van der Waals surface area contributed by atoms with Crippen LogP contribution in [-0.2, 0) is 16.0 Å². The van der Waals surface area contributed by atoms with Crippen LogP contribution >= 0.6 is 0 Å². The largest absolute Gasteiger partial charge is 0.350 e. The molecule has 2 rings (SSSR count). The minimum Gasteiger partial charge on any atom is -0.350 e. The summed E-state index contributed by atoms with van der Waals surface area (Å²) < 4.78 is 0. The van der Waals surface area contributed by atoms with Crippen LogP contribution in [0.5, 0.6) is 0 Å². The van der Waals surface area contributed by atoms with Crippen LogP contribution in [0.1, 0.15) is 42.6 Å². The predicted molar refractivity (Wildman–Crippen MR) is 83.3 cm³/mol. The van der Waals surface area contributed by atoms with E-state index in [1.807, 2.05) is 19.1 Å².